The molecule has 2 amide bonds. The first kappa shape index (κ1) is 18.1. The minimum Gasteiger partial charge on any atom is -0.366 e. The molecule has 2 rings (SSSR count). The standard InChI is InChI=1S/C19H20N4O2/c1-13(14-3-5-15(6-4-14)18(21)24)23-19(25)16-7-9-17(10-8-16)22-12-2-11-20/h3-13,20H,2H2,1H3,(H2,21,24)(H,23,25). The Balaban J connectivity index is 2.00. The molecule has 0 spiro atoms. The molecule has 2 aromatic rings. The summed E-state index contributed by atoms with van der Waals surface area (Å²) in [5.41, 5.74) is 7.79. The van der Waals surface area contributed by atoms with E-state index in [0.29, 0.717) is 17.5 Å². The number of primary amides is 1. The van der Waals surface area contributed by atoms with E-state index in [9.17, 15) is 9.59 Å². The molecular formula is C19H20N4O2. The third-order valence-electron chi connectivity index (χ3n) is 3.64. The van der Waals surface area contributed by atoms with E-state index in [1.165, 1.54) is 6.21 Å². The second kappa shape index (κ2) is 8.54. The monoisotopic (exact) mass is 336 g/mol. The summed E-state index contributed by atoms with van der Waals surface area (Å²) < 4.78 is 0. The normalized spacial score (nSPS) is 11.9. The highest BCUT2D eigenvalue weighted by atomic mass is 16.2. The van der Waals surface area contributed by atoms with E-state index in [1.54, 1.807) is 54.7 Å². The van der Waals surface area contributed by atoms with E-state index in [4.69, 9.17) is 11.1 Å². The molecule has 25 heavy (non-hydrogen) atoms. The molecule has 0 aromatic heterocycles. The van der Waals surface area contributed by atoms with Crippen molar-refractivity contribution >= 4 is 29.9 Å². The number of amides is 2. The number of benzene rings is 2. The van der Waals surface area contributed by atoms with Crippen molar-refractivity contribution in [2.24, 2.45) is 10.7 Å². The molecule has 0 aliphatic heterocycles. The van der Waals surface area contributed by atoms with E-state index in [2.05, 4.69) is 10.3 Å². The number of hydrogen-bond acceptors (Lipinski definition) is 4. The molecule has 0 radical (unpaired) electrons. The Kier molecular flexibility index (Phi) is 6.17. The fraction of sp³-hybridized carbons (Fsp3) is 0.158. The molecule has 0 aliphatic carbocycles. The average Bonchev–Trinajstić information content (AvgIpc) is 2.62. The second-order valence-corrected chi connectivity index (χ2v) is 5.48. The minimum atomic E-state index is -0.480. The maximum atomic E-state index is 12.3. The highest BCUT2D eigenvalue weighted by molar-refractivity contribution is 5.95. The summed E-state index contributed by atoms with van der Waals surface area (Å²) in [6, 6.07) is 13.5. The molecule has 1 atom stereocenters. The van der Waals surface area contributed by atoms with Crippen LogP contribution in [0.15, 0.2) is 53.5 Å². The zero-order valence-electron chi connectivity index (χ0n) is 13.9. The number of rotatable bonds is 7. The smallest absolute Gasteiger partial charge is 0.251 e. The predicted molar refractivity (Wildman–Crippen MR) is 98.8 cm³/mol. The molecule has 4 N–H and O–H groups in total. The van der Waals surface area contributed by atoms with Crippen LogP contribution < -0.4 is 11.1 Å². The van der Waals surface area contributed by atoms with Crippen LogP contribution in [0.3, 0.4) is 0 Å². The highest BCUT2D eigenvalue weighted by Gasteiger charge is 2.12. The zero-order valence-corrected chi connectivity index (χ0v) is 13.9. The van der Waals surface area contributed by atoms with Crippen LogP contribution >= 0.6 is 0 Å². The van der Waals surface area contributed by atoms with Crippen LogP contribution in [-0.4, -0.2) is 24.2 Å². The number of nitrogens with two attached hydrogens (primary N) is 1. The number of aliphatic imine (C=N–C) groups is 1. The number of nitrogens with one attached hydrogen (secondary N) is 2. The number of nitrogens with zero attached hydrogens (tertiary/aromatic N) is 1. The van der Waals surface area contributed by atoms with Crippen molar-refractivity contribution in [1.82, 2.24) is 5.32 Å². The lowest BCUT2D eigenvalue weighted by atomic mass is 10.1. The quantitative estimate of drug-likeness (QED) is 0.676. The van der Waals surface area contributed by atoms with Crippen molar-refractivity contribution in [1.29, 1.82) is 5.41 Å². The second-order valence-electron chi connectivity index (χ2n) is 5.48. The third-order valence-corrected chi connectivity index (χ3v) is 3.64. The maximum absolute atomic E-state index is 12.3. The summed E-state index contributed by atoms with van der Waals surface area (Å²) in [6.45, 7) is 1.87. The minimum absolute atomic E-state index is 0.193. The molecule has 0 saturated carbocycles. The molecular weight excluding hydrogens is 316 g/mol. The van der Waals surface area contributed by atoms with Gasteiger partial charge in [-0.05, 0) is 48.9 Å². The van der Waals surface area contributed by atoms with Crippen LogP contribution in [0.1, 0.15) is 45.7 Å². The summed E-state index contributed by atoms with van der Waals surface area (Å²) in [6.07, 6.45) is 3.39. The molecule has 0 bridgehead atoms. The van der Waals surface area contributed by atoms with Gasteiger partial charge in [-0.3, -0.25) is 14.6 Å². The van der Waals surface area contributed by atoms with Gasteiger partial charge in [0, 0.05) is 30.0 Å². The predicted octanol–water partition coefficient (Wildman–Crippen LogP) is 3.02. The fourth-order valence-corrected chi connectivity index (χ4v) is 2.21. The third kappa shape index (κ3) is 5.10. The molecule has 1 unspecified atom stereocenters. The van der Waals surface area contributed by atoms with Gasteiger partial charge < -0.3 is 16.5 Å². The van der Waals surface area contributed by atoms with Gasteiger partial charge in [0.15, 0.2) is 0 Å². The molecule has 6 heteroatoms. The Bertz CT molecular complexity index is 780. The first-order valence-corrected chi connectivity index (χ1v) is 7.83. The average molecular weight is 336 g/mol. The van der Waals surface area contributed by atoms with Crippen molar-refractivity contribution in [3.63, 3.8) is 0 Å². The summed E-state index contributed by atoms with van der Waals surface area (Å²) in [7, 11) is 0. The zero-order chi connectivity index (χ0) is 18.2. The van der Waals surface area contributed by atoms with Crippen LogP contribution in [0.5, 0.6) is 0 Å². The van der Waals surface area contributed by atoms with Gasteiger partial charge in [0.2, 0.25) is 5.91 Å². The van der Waals surface area contributed by atoms with Gasteiger partial charge in [0.05, 0.1) is 11.7 Å². The van der Waals surface area contributed by atoms with E-state index in [-0.39, 0.29) is 11.9 Å². The van der Waals surface area contributed by atoms with Crippen LogP contribution in [0.4, 0.5) is 5.69 Å². The van der Waals surface area contributed by atoms with E-state index < -0.39 is 5.91 Å². The Labute approximate surface area is 146 Å². The van der Waals surface area contributed by atoms with E-state index >= 15 is 0 Å². The van der Waals surface area contributed by atoms with E-state index in [0.717, 1.165) is 11.3 Å². The van der Waals surface area contributed by atoms with Crippen molar-refractivity contribution in [2.45, 2.75) is 19.4 Å². The van der Waals surface area contributed by atoms with Crippen molar-refractivity contribution in [3.05, 3.63) is 65.2 Å². The van der Waals surface area contributed by atoms with Crippen molar-refractivity contribution in [3.8, 4) is 0 Å². The summed E-state index contributed by atoms with van der Waals surface area (Å²) in [5, 5.41) is 9.85. The number of carbonyl (C=O) groups excluding carboxylic acids is 2. The van der Waals surface area contributed by atoms with Crippen molar-refractivity contribution in [2.75, 3.05) is 0 Å². The Hall–Kier alpha value is -3.28. The molecule has 0 saturated heterocycles. The molecule has 128 valence electrons. The number of carbonyl (C=O) groups is 2. The summed E-state index contributed by atoms with van der Waals surface area (Å²) >= 11 is 0. The van der Waals surface area contributed by atoms with Crippen LogP contribution in [0, 0.1) is 5.41 Å². The molecule has 0 heterocycles. The molecule has 0 fully saturated rings. The van der Waals surface area contributed by atoms with Gasteiger partial charge in [-0.1, -0.05) is 12.1 Å². The Morgan fingerprint density at radius 2 is 1.72 bits per heavy atom. The van der Waals surface area contributed by atoms with Crippen molar-refractivity contribution < 1.29 is 9.59 Å². The topological polar surface area (TPSA) is 108 Å². The summed E-state index contributed by atoms with van der Waals surface area (Å²) in [4.78, 5) is 27.6. The summed E-state index contributed by atoms with van der Waals surface area (Å²) in [5.74, 6) is -0.673. The van der Waals surface area contributed by atoms with Crippen LogP contribution in [0.25, 0.3) is 0 Å². The molecule has 0 aliphatic rings. The lowest BCUT2D eigenvalue weighted by molar-refractivity contribution is 0.0938. The maximum Gasteiger partial charge on any atom is 0.251 e. The highest BCUT2D eigenvalue weighted by Crippen LogP contribution is 2.16. The van der Waals surface area contributed by atoms with Crippen LogP contribution in [0.2, 0.25) is 0 Å². The molecule has 2 aromatic carbocycles. The van der Waals surface area contributed by atoms with E-state index in [1.807, 2.05) is 6.92 Å². The first-order chi connectivity index (χ1) is 12.0. The SMILES string of the molecule is CC(NC(=O)c1ccc(N=CCC=N)cc1)c1ccc(C(N)=O)cc1. The number of hydrogen-bond donors (Lipinski definition) is 3. The van der Waals surface area contributed by atoms with Crippen LogP contribution in [-0.2, 0) is 0 Å². The first-order valence-electron chi connectivity index (χ1n) is 7.83. The van der Waals surface area contributed by atoms with Gasteiger partial charge in [-0.15, -0.1) is 0 Å². The molecule has 6 nitrogen and oxygen atoms in total. The van der Waals surface area contributed by atoms with Gasteiger partial charge in [0.25, 0.3) is 5.91 Å². The Morgan fingerprint density at radius 3 is 2.28 bits per heavy atom. The largest absolute Gasteiger partial charge is 0.366 e. The van der Waals surface area contributed by atoms with Gasteiger partial charge in [-0.2, -0.15) is 0 Å². The Morgan fingerprint density at radius 1 is 1.12 bits per heavy atom. The van der Waals surface area contributed by atoms with Gasteiger partial charge in [-0.25, -0.2) is 0 Å². The lowest BCUT2D eigenvalue weighted by Gasteiger charge is -2.14. The fourth-order valence-electron chi connectivity index (χ4n) is 2.21. The lowest BCUT2D eigenvalue weighted by Crippen LogP contribution is -2.26. The van der Waals surface area contributed by atoms with Gasteiger partial charge >= 0.3 is 0 Å². The van der Waals surface area contributed by atoms with Gasteiger partial charge in [0.1, 0.15) is 0 Å².